The van der Waals surface area contributed by atoms with Crippen LogP contribution in [0.4, 0.5) is 0 Å². The molecule has 2 aromatic carbocycles. The Morgan fingerprint density at radius 3 is 2.52 bits per heavy atom. The highest BCUT2D eigenvalue weighted by Gasteiger charge is 2.28. The fourth-order valence-electron chi connectivity index (χ4n) is 2.44. The van der Waals surface area contributed by atoms with E-state index in [0.29, 0.717) is 6.42 Å². The Morgan fingerprint density at radius 1 is 1.19 bits per heavy atom. The third kappa shape index (κ3) is 4.16. The highest BCUT2D eigenvalue weighted by atomic mass is 79.9. The lowest BCUT2D eigenvalue weighted by Crippen LogP contribution is -2.47. The van der Waals surface area contributed by atoms with Crippen LogP contribution in [-0.4, -0.2) is 12.5 Å². The first-order chi connectivity index (χ1) is 10.0. The van der Waals surface area contributed by atoms with E-state index in [0.717, 1.165) is 15.6 Å². The Kier molecular flexibility index (Phi) is 5.15. The average Bonchev–Trinajstić information content (AvgIpc) is 2.48. The second-order valence-corrected chi connectivity index (χ2v) is 6.17. The first-order valence-corrected chi connectivity index (χ1v) is 7.64. The Bertz CT molecular complexity index is 615. The van der Waals surface area contributed by atoms with Gasteiger partial charge in [0.15, 0.2) is 0 Å². The van der Waals surface area contributed by atoms with E-state index in [4.69, 9.17) is 5.73 Å². The molecule has 2 rings (SSSR count). The zero-order valence-electron chi connectivity index (χ0n) is 12.0. The molecule has 0 heterocycles. The van der Waals surface area contributed by atoms with E-state index in [1.807, 2.05) is 49.4 Å². The summed E-state index contributed by atoms with van der Waals surface area (Å²) in [6.07, 6.45) is 0.697. The van der Waals surface area contributed by atoms with Crippen LogP contribution < -0.4 is 11.1 Å². The summed E-state index contributed by atoms with van der Waals surface area (Å²) < 4.78 is 1.03. The Morgan fingerprint density at radius 2 is 1.90 bits per heavy atom. The van der Waals surface area contributed by atoms with Crippen molar-refractivity contribution in [1.29, 1.82) is 0 Å². The van der Waals surface area contributed by atoms with E-state index in [2.05, 4.69) is 33.4 Å². The molecule has 21 heavy (non-hydrogen) atoms. The molecule has 0 spiro atoms. The van der Waals surface area contributed by atoms with Gasteiger partial charge in [-0.25, -0.2) is 0 Å². The van der Waals surface area contributed by atoms with Gasteiger partial charge in [0.2, 0.25) is 5.91 Å². The number of rotatable bonds is 5. The van der Waals surface area contributed by atoms with Gasteiger partial charge < -0.3 is 11.1 Å². The summed E-state index contributed by atoms with van der Waals surface area (Å²) in [4.78, 5) is 11.8. The Labute approximate surface area is 133 Å². The molecular formula is C17H19BrN2O. The number of hydrogen-bond acceptors (Lipinski definition) is 2. The topological polar surface area (TPSA) is 55.1 Å². The van der Waals surface area contributed by atoms with E-state index >= 15 is 0 Å². The minimum atomic E-state index is -0.488. The van der Waals surface area contributed by atoms with Gasteiger partial charge in [-0.05, 0) is 36.6 Å². The minimum Gasteiger partial charge on any atom is -0.345 e. The highest BCUT2D eigenvalue weighted by molar-refractivity contribution is 9.10. The fraction of sp³-hybridized carbons (Fsp3) is 0.235. The maximum atomic E-state index is 11.8. The third-order valence-corrected chi connectivity index (χ3v) is 3.95. The molecule has 0 bridgehead atoms. The summed E-state index contributed by atoms with van der Waals surface area (Å²) in [7, 11) is 0. The molecule has 0 fully saturated rings. The van der Waals surface area contributed by atoms with Gasteiger partial charge in [-0.2, -0.15) is 0 Å². The number of benzene rings is 2. The quantitative estimate of drug-likeness (QED) is 0.874. The molecule has 4 heteroatoms. The molecule has 0 aliphatic heterocycles. The van der Waals surface area contributed by atoms with Crippen LogP contribution in [0.3, 0.4) is 0 Å². The van der Waals surface area contributed by atoms with Crippen LogP contribution in [0, 0.1) is 0 Å². The second kappa shape index (κ2) is 6.87. The van der Waals surface area contributed by atoms with Crippen LogP contribution in [0.25, 0.3) is 0 Å². The monoisotopic (exact) mass is 346 g/mol. The van der Waals surface area contributed by atoms with Crippen molar-refractivity contribution >= 4 is 21.8 Å². The largest absolute Gasteiger partial charge is 0.345 e. The predicted octanol–water partition coefficient (Wildman–Crippen LogP) is 2.98. The molecular weight excluding hydrogens is 328 g/mol. The maximum absolute atomic E-state index is 11.8. The minimum absolute atomic E-state index is 0.0130. The molecule has 0 aliphatic carbocycles. The SMILES string of the molecule is CC(Cc1cccc(Br)c1)(NC(=O)CN)c1ccccc1. The van der Waals surface area contributed by atoms with Crippen molar-refractivity contribution in [2.45, 2.75) is 18.9 Å². The molecule has 1 unspecified atom stereocenters. The zero-order valence-corrected chi connectivity index (χ0v) is 13.6. The van der Waals surface area contributed by atoms with Gasteiger partial charge in [0.05, 0.1) is 12.1 Å². The molecule has 0 aliphatic rings. The van der Waals surface area contributed by atoms with Gasteiger partial charge in [0.1, 0.15) is 0 Å². The molecule has 110 valence electrons. The molecule has 0 aromatic heterocycles. The third-order valence-electron chi connectivity index (χ3n) is 3.46. The first-order valence-electron chi connectivity index (χ1n) is 6.84. The van der Waals surface area contributed by atoms with E-state index in [-0.39, 0.29) is 12.5 Å². The van der Waals surface area contributed by atoms with Crippen LogP contribution in [0.2, 0.25) is 0 Å². The number of amides is 1. The van der Waals surface area contributed by atoms with Crippen molar-refractivity contribution in [3.63, 3.8) is 0 Å². The first kappa shape index (κ1) is 15.7. The van der Waals surface area contributed by atoms with Gasteiger partial charge in [-0.1, -0.05) is 58.4 Å². The second-order valence-electron chi connectivity index (χ2n) is 5.26. The molecule has 0 saturated heterocycles. The van der Waals surface area contributed by atoms with Crippen molar-refractivity contribution in [2.24, 2.45) is 5.73 Å². The lowest BCUT2D eigenvalue weighted by Gasteiger charge is -2.32. The fourth-order valence-corrected chi connectivity index (χ4v) is 2.88. The van der Waals surface area contributed by atoms with Gasteiger partial charge >= 0.3 is 0 Å². The van der Waals surface area contributed by atoms with Gasteiger partial charge in [-0.3, -0.25) is 4.79 Å². The molecule has 1 amide bonds. The standard InChI is InChI=1S/C17H19BrN2O/c1-17(20-16(21)12-19,14-7-3-2-4-8-14)11-13-6-5-9-15(18)10-13/h2-10H,11-12,19H2,1H3,(H,20,21). The highest BCUT2D eigenvalue weighted by Crippen LogP contribution is 2.26. The number of carbonyl (C=O) groups is 1. The van der Waals surface area contributed by atoms with Gasteiger partial charge in [0, 0.05) is 4.47 Å². The van der Waals surface area contributed by atoms with Crippen molar-refractivity contribution in [3.8, 4) is 0 Å². The molecule has 0 radical (unpaired) electrons. The lowest BCUT2D eigenvalue weighted by atomic mass is 9.85. The summed E-state index contributed by atoms with van der Waals surface area (Å²) in [5.74, 6) is -0.156. The smallest absolute Gasteiger partial charge is 0.234 e. The molecule has 0 saturated carbocycles. The number of nitrogens with two attached hydrogens (primary N) is 1. The van der Waals surface area contributed by atoms with Gasteiger partial charge in [-0.15, -0.1) is 0 Å². The normalized spacial score (nSPS) is 13.5. The summed E-state index contributed by atoms with van der Waals surface area (Å²) in [6.45, 7) is 2.01. The predicted molar refractivity (Wildman–Crippen MR) is 88.8 cm³/mol. The summed E-state index contributed by atoms with van der Waals surface area (Å²) in [5.41, 5.74) is 7.18. The number of halogens is 1. The Balaban J connectivity index is 2.34. The van der Waals surface area contributed by atoms with Crippen molar-refractivity contribution < 1.29 is 4.79 Å². The van der Waals surface area contributed by atoms with Crippen LogP contribution in [-0.2, 0) is 16.8 Å². The van der Waals surface area contributed by atoms with Gasteiger partial charge in [0.25, 0.3) is 0 Å². The number of nitrogens with one attached hydrogen (secondary N) is 1. The maximum Gasteiger partial charge on any atom is 0.234 e. The summed E-state index contributed by atoms with van der Waals surface area (Å²) in [5, 5.41) is 3.05. The zero-order chi connectivity index (χ0) is 15.3. The summed E-state index contributed by atoms with van der Waals surface area (Å²) in [6, 6.07) is 18.1. The van der Waals surface area contributed by atoms with Crippen molar-refractivity contribution in [3.05, 3.63) is 70.2 Å². The van der Waals surface area contributed by atoms with Crippen LogP contribution in [0.15, 0.2) is 59.1 Å². The van der Waals surface area contributed by atoms with Crippen molar-refractivity contribution in [2.75, 3.05) is 6.54 Å². The molecule has 2 aromatic rings. The van der Waals surface area contributed by atoms with Crippen LogP contribution in [0.5, 0.6) is 0 Å². The van der Waals surface area contributed by atoms with E-state index in [1.165, 1.54) is 0 Å². The molecule has 3 nitrogen and oxygen atoms in total. The lowest BCUT2D eigenvalue weighted by molar-refractivity contribution is -0.121. The Hall–Kier alpha value is -1.65. The van der Waals surface area contributed by atoms with E-state index < -0.39 is 5.54 Å². The van der Waals surface area contributed by atoms with E-state index in [9.17, 15) is 4.79 Å². The van der Waals surface area contributed by atoms with Crippen LogP contribution >= 0.6 is 15.9 Å². The summed E-state index contributed by atoms with van der Waals surface area (Å²) >= 11 is 3.48. The van der Waals surface area contributed by atoms with Crippen molar-refractivity contribution in [1.82, 2.24) is 5.32 Å². The van der Waals surface area contributed by atoms with Crippen LogP contribution in [0.1, 0.15) is 18.1 Å². The molecule has 3 N–H and O–H groups in total. The average molecular weight is 347 g/mol. The molecule has 1 atom stereocenters. The van der Waals surface area contributed by atoms with E-state index in [1.54, 1.807) is 0 Å². The number of hydrogen-bond donors (Lipinski definition) is 2. The number of carbonyl (C=O) groups excluding carboxylic acids is 1.